The number of hydrogen-bond acceptors (Lipinski definition) is 7. The summed E-state index contributed by atoms with van der Waals surface area (Å²) in [5, 5.41) is 3.74. The number of aromatic nitrogens is 3. The zero-order valence-corrected chi connectivity index (χ0v) is 23.4. The molecule has 1 amide bonds. The van der Waals surface area contributed by atoms with E-state index >= 15 is 0 Å². The number of carbonyl (C=O) groups is 1. The summed E-state index contributed by atoms with van der Waals surface area (Å²) < 4.78 is 6.04. The Hall–Kier alpha value is -2.69. The Balaban J connectivity index is 1.29. The van der Waals surface area contributed by atoms with E-state index in [1.54, 1.807) is 7.11 Å². The standard InChI is InChI=1S/C27H36BrN7O2/c1-18(2)33-10-8-20(9-11-33)30-24-22(28)16-29-27-25(24)31-26(32-27)19-4-6-21(7-5-19)35-13-12-34(14-15-37-3)23(36)17-35/h4-7,16,18,20H,8-15,17H2,1-3H3,(H2,29,30,31,32). The molecule has 0 atom stereocenters. The molecule has 2 aromatic heterocycles. The third kappa shape index (κ3) is 5.76. The highest BCUT2D eigenvalue weighted by atomic mass is 79.9. The average molecular weight is 571 g/mol. The molecule has 5 rings (SSSR count). The number of methoxy groups -OCH3 is 1. The van der Waals surface area contributed by atoms with E-state index in [1.807, 2.05) is 11.1 Å². The van der Waals surface area contributed by atoms with Crippen LogP contribution in [0.2, 0.25) is 0 Å². The fourth-order valence-electron chi connectivity index (χ4n) is 5.17. The molecule has 3 aromatic rings. The highest BCUT2D eigenvalue weighted by Gasteiger charge is 2.25. The first-order chi connectivity index (χ1) is 17.9. The van der Waals surface area contributed by atoms with E-state index in [0.717, 1.165) is 70.9 Å². The number of ether oxygens (including phenoxy) is 1. The van der Waals surface area contributed by atoms with Crippen LogP contribution >= 0.6 is 15.9 Å². The number of nitrogens with zero attached hydrogens (tertiary/aromatic N) is 5. The maximum absolute atomic E-state index is 12.5. The number of aromatic amines is 1. The van der Waals surface area contributed by atoms with Crippen molar-refractivity contribution >= 4 is 44.4 Å². The number of hydrogen-bond donors (Lipinski definition) is 2. The van der Waals surface area contributed by atoms with Crippen molar-refractivity contribution in [2.24, 2.45) is 0 Å². The molecular weight excluding hydrogens is 534 g/mol. The Labute approximate surface area is 226 Å². The van der Waals surface area contributed by atoms with Gasteiger partial charge in [-0.15, -0.1) is 0 Å². The molecule has 0 bridgehead atoms. The molecular formula is C27H36BrN7O2. The van der Waals surface area contributed by atoms with Crippen molar-refractivity contribution in [2.75, 3.05) is 63.2 Å². The first-order valence-electron chi connectivity index (χ1n) is 13.1. The molecule has 4 heterocycles. The number of halogens is 1. The van der Waals surface area contributed by atoms with Crippen LogP contribution in [0.1, 0.15) is 26.7 Å². The molecule has 2 aliphatic rings. The van der Waals surface area contributed by atoms with Gasteiger partial charge in [0.15, 0.2) is 5.65 Å². The third-order valence-corrected chi connectivity index (χ3v) is 8.07. The van der Waals surface area contributed by atoms with Gasteiger partial charge in [0.25, 0.3) is 0 Å². The number of benzene rings is 1. The van der Waals surface area contributed by atoms with Crippen LogP contribution < -0.4 is 10.2 Å². The maximum Gasteiger partial charge on any atom is 0.242 e. The van der Waals surface area contributed by atoms with E-state index in [2.05, 4.69) is 79.1 Å². The van der Waals surface area contributed by atoms with Gasteiger partial charge >= 0.3 is 0 Å². The number of amides is 1. The summed E-state index contributed by atoms with van der Waals surface area (Å²) in [7, 11) is 1.66. The molecule has 0 spiro atoms. The summed E-state index contributed by atoms with van der Waals surface area (Å²) >= 11 is 3.69. The third-order valence-electron chi connectivity index (χ3n) is 7.47. The summed E-state index contributed by atoms with van der Waals surface area (Å²) in [5.74, 6) is 0.918. The minimum Gasteiger partial charge on any atom is -0.383 e. The molecule has 0 radical (unpaired) electrons. The van der Waals surface area contributed by atoms with Gasteiger partial charge in [0.2, 0.25) is 5.91 Å². The number of nitrogens with one attached hydrogen (secondary N) is 2. The summed E-state index contributed by atoms with van der Waals surface area (Å²) in [6.45, 7) is 9.85. The first kappa shape index (κ1) is 25.9. The molecule has 37 heavy (non-hydrogen) atoms. The molecule has 0 unspecified atom stereocenters. The second kappa shape index (κ2) is 11.4. The highest BCUT2D eigenvalue weighted by molar-refractivity contribution is 9.10. The number of anilines is 2. The molecule has 1 aromatic carbocycles. The van der Waals surface area contributed by atoms with E-state index in [1.165, 1.54) is 0 Å². The van der Waals surface area contributed by atoms with Crippen molar-refractivity contribution < 1.29 is 9.53 Å². The highest BCUT2D eigenvalue weighted by Crippen LogP contribution is 2.33. The van der Waals surface area contributed by atoms with Crippen molar-refractivity contribution in [2.45, 2.75) is 38.8 Å². The molecule has 2 aliphatic heterocycles. The van der Waals surface area contributed by atoms with Crippen LogP contribution in [0, 0.1) is 0 Å². The fraction of sp³-hybridized carbons (Fsp3) is 0.519. The lowest BCUT2D eigenvalue weighted by molar-refractivity contribution is -0.131. The fourth-order valence-corrected chi connectivity index (χ4v) is 5.57. The molecule has 0 saturated carbocycles. The summed E-state index contributed by atoms with van der Waals surface area (Å²) in [4.78, 5) is 31.9. The Morgan fingerprint density at radius 3 is 2.59 bits per heavy atom. The molecule has 2 N–H and O–H groups in total. The minimum atomic E-state index is 0.135. The van der Waals surface area contributed by atoms with E-state index in [4.69, 9.17) is 9.72 Å². The average Bonchev–Trinajstić information content (AvgIpc) is 3.35. The van der Waals surface area contributed by atoms with E-state index < -0.39 is 0 Å². The molecule has 2 fully saturated rings. The van der Waals surface area contributed by atoms with Crippen LogP contribution in [-0.4, -0.2) is 95.7 Å². The van der Waals surface area contributed by atoms with Crippen molar-refractivity contribution in [3.8, 4) is 11.4 Å². The first-order valence-corrected chi connectivity index (χ1v) is 13.9. The SMILES string of the molecule is COCCN1CCN(c2ccc(-c3nc4c(NC5CCN(C(C)C)CC5)c(Br)cnc4[nH]3)cc2)CC1=O. The van der Waals surface area contributed by atoms with Gasteiger partial charge in [0.1, 0.15) is 11.3 Å². The predicted molar refractivity (Wildman–Crippen MR) is 151 cm³/mol. The van der Waals surface area contributed by atoms with Gasteiger partial charge in [-0.1, -0.05) is 0 Å². The van der Waals surface area contributed by atoms with E-state index in [0.29, 0.717) is 38.3 Å². The topological polar surface area (TPSA) is 89.6 Å². The number of imidazole rings is 1. The van der Waals surface area contributed by atoms with E-state index in [-0.39, 0.29) is 5.91 Å². The maximum atomic E-state index is 12.5. The number of rotatable bonds is 8. The van der Waals surface area contributed by atoms with Gasteiger partial charge in [-0.05, 0) is 66.9 Å². The summed E-state index contributed by atoms with van der Waals surface area (Å²) in [6, 6.07) is 9.23. The van der Waals surface area contributed by atoms with Crippen molar-refractivity contribution in [1.29, 1.82) is 0 Å². The van der Waals surface area contributed by atoms with Gasteiger partial charge in [0.05, 0.1) is 23.3 Å². The smallest absolute Gasteiger partial charge is 0.242 e. The number of piperazine rings is 1. The van der Waals surface area contributed by atoms with E-state index in [9.17, 15) is 4.79 Å². The lowest BCUT2D eigenvalue weighted by atomic mass is 10.0. The van der Waals surface area contributed by atoms with Gasteiger partial charge < -0.3 is 29.7 Å². The molecule has 0 aliphatic carbocycles. The monoisotopic (exact) mass is 569 g/mol. The quantitative estimate of drug-likeness (QED) is 0.424. The number of piperidine rings is 1. The second-order valence-corrected chi connectivity index (χ2v) is 11.0. The number of carbonyl (C=O) groups excluding carboxylic acids is 1. The van der Waals surface area contributed by atoms with Crippen molar-refractivity contribution in [1.82, 2.24) is 24.8 Å². The number of H-pyrrole nitrogens is 1. The number of likely N-dealkylation sites (tertiary alicyclic amines) is 1. The van der Waals surface area contributed by atoms with Gasteiger partial charge in [-0.25, -0.2) is 9.97 Å². The second-order valence-electron chi connectivity index (χ2n) is 10.2. The van der Waals surface area contributed by atoms with Crippen LogP contribution in [0.4, 0.5) is 11.4 Å². The van der Waals surface area contributed by atoms with Gasteiger partial charge in [-0.2, -0.15) is 0 Å². The number of fused-ring (bicyclic) bond motifs is 1. The van der Waals surface area contributed by atoms with Crippen LogP contribution in [0.5, 0.6) is 0 Å². The van der Waals surface area contributed by atoms with Crippen molar-refractivity contribution in [3.05, 3.63) is 34.9 Å². The Bertz CT molecular complexity index is 1220. The zero-order chi connectivity index (χ0) is 25.9. The summed E-state index contributed by atoms with van der Waals surface area (Å²) in [5.41, 5.74) is 4.63. The van der Waals surface area contributed by atoms with Gasteiger partial charge in [0, 0.05) is 69.4 Å². The molecule has 9 nitrogen and oxygen atoms in total. The van der Waals surface area contributed by atoms with Crippen LogP contribution in [0.25, 0.3) is 22.6 Å². The van der Waals surface area contributed by atoms with Crippen molar-refractivity contribution in [3.63, 3.8) is 0 Å². The minimum absolute atomic E-state index is 0.135. The Morgan fingerprint density at radius 1 is 1.16 bits per heavy atom. The largest absolute Gasteiger partial charge is 0.383 e. The van der Waals surface area contributed by atoms with Crippen LogP contribution in [0.3, 0.4) is 0 Å². The van der Waals surface area contributed by atoms with Gasteiger partial charge in [-0.3, -0.25) is 4.79 Å². The Morgan fingerprint density at radius 2 is 1.92 bits per heavy atom. The zero-order valence-electron chi connectivity index (χ0n) is 21.8. The molecule has 2 saturated heterocycles. The lowest BCUT2D eigenvalue weighted by Gasteiger charge is -2.35. The molecule has 10 heteroatoms. The van der Waals surface area contributed by atoms with Crippen LogP contribution in [0.15, 0.2) is 34.9 Å². The number of pyridine rings is 1. The van der Waals surface area contributed by atoms with Crippen LogP contribution in [-0.2, 0) is 9.53 Å². The summed E-state index contributed by atoms with van der Waals surface area (Å²) in [6.07, 6.45) is 4.05. The Kier molecular flexibility index (Phi) is 7.97. The molecule has 198 valence electrons. The normalized spacial score (nSPS) is 17.8. The lowest BCUT2D eigenvalue weighted by Crippen LogP contribution is -2.51. The predicted octanol–water partition coefficient (Wildman–Crippen LogP) is 3.97.